The zero-order valence-electron chi connectivity index (χ0n) is 74.1. The predicted octanol–water partition coefficient (Wildman–Crippen LogP) is -7.25. The summed E-state index contributed by atoms with van der Waals surface area (Å²) in [4.78, 5) is 31.6. The lowest BCUT2D eigenvalue weighted by Gasteiger charge is -2.72. The van der Waals surface area contributed by atoms with E-state index in [0.717, 1.165) is 5.57 Å². The molecule has 4 saturated carbocycles. The van der Waals surface area contributed by atoms with Gasteiger partial charge in [-0.15, -0.1) is 6.58 Å². The Morgan fingerprint density at radius 3 is 1.58 bits per heavy atom. The fourth-order valence-electron chi connectivity index (χ4n) is 23.1. The van der Waals surface area contributed by atoms with Crippen LogP contribution in [0.4, 0.5) is 0 Å². The molecule has 129 heavy (non-hydrogen) atoms. The number of esters is 2. The third-order valence-corrected chi connectivity index (χ3v) is 31.4. The second kappa shape index (κ2) is 39.8. The number of ether oxygens (including phenoxy) is 17. The SMILES string of the molecule is C=C[C@](C)(CC/C=C(\CO)C(=O)O[C@H]1C[C@]2(C(=O)O[C@@H]3O[C@H](CO)[C@@H](O)[C@H](O)[C@H]3O[C@@H]3O[C@@H](C)[C@H](O[C@@H]4O[C@@H](CO)[C@H](O)[C@H]4O)[C@@H](O[C@@H]4O[C@H](CO)[C@@H](O)[C@H](O)[C@H]4O)[C@H]3O)[C@H](O)C[C@]3(C)C(=CC[C@@H]4[C@@]5(C)CC[C@H](O[C@@H]6O[C@H](CO[C@@H]7O[C@H](C)[C@H](O)[C@H](O)[C@H]7O[C@@H]7OC[C@@H](O)[C@H](O)[C@H]7O)[C@@H](O)[C@H](O)[C@H]6O)C(C)(C)C5CC[C@]43C)[C@@H]2CC1(C)C)O[C@@H]1O[C@H](C)[C@@H](O)[C@H](O)[C@H]1O. The van der Waals surface area contributed by atoms with E-state index in [1.807, 2.05) is 13.8 Å². The molecule has 8 saturated heterocycles. The molecule has 8 aliphatic heterocycles. The Morgan fingerprint density at radius 1 is 0.481 bits per heavy atom. The average Bonchev–Trinajstić information content (AvgIpc) is 1.25. The molecule has 0 amide bonds. The Hall–Kier alpha value is -3.40. The van der Waals surface area contributed by atoms with Crippen molar-refractivity contribution >= 4 is 11.9 Å². The largest absolute Gasteiger partial charge is 0.458 e. The molecule has 12 fully saturated rings. The van der Waals surface area contributed by atoms with Gasteiger partial charge in [-0.2, -0.15) is 0 Å². The lowest BCUT2D eigenvalue weighted by atomic mass is 9.33. The summed E-state index contributed by atoms with van der Waals surface area (Å²) < 4.78 is 103. The van der Waals surface area contributed by atoms with Crippen molar-refractivity contribution in [2.45, 2.75) is 398 Å². The predicted molar refractivity (Wildman–Crippen MR) is 429 cm³/mol. The zero-order valence-corrected chi connectivity index (χ0v) is 74.1. The number of carbonyl (C=O) groups excluding carboxylic acids is 2. The first-order chi connectivity index (χ1) is 60.5. The van der Waals surface area contributed by atoms with E-state index in [0.29, 0.717) is 32.1 Å². The maximum atomic E-state index is 16.7. The molecule has 0 radical (unpaired) electrons. The number of aliphatic hydroxyl groups excluding tert-OH is 24. The Morgan fingerprint density at radius 2 is 0.969 bits per heavy atom. The smallest absolute Gasteiger partial charge is 0.336 e. The monoisotopic (exact) mass is 1860 g/mol. The van der Waals surface area contributed by atoms with Gasteiger partial charge in [0.05, 0.1) is 81.3 Å². The molecule has 13 rings (SSSR count). The number of hydrogen-bond donors (Lipinski definition) is 24. The van der Waals surface area contributed by atoms with Crippen LogP contribution in [-0.2, 0) is 90.1 Å². The molecule has 43 nitrogen and oxygen atoms in total. The van der Waals surface area contributed by atoms with Crippen molar-refractivity contribution in [2.24, 2.45) is 50.2 Å². The van der Waals surface area contributed by atoms with Gasteiger partial charge in [-0.05, 0) is 125 Å². The number of hydrogen-bond acceptors (Lipinski definition) is 43. The van der Waals surface area contributed by atoms with Crippen LogP contribution in [0.15, 0.2) is 36.0 Å². The van der Waals surface area contributed by atoms with Crippen molar-refractivity contribution in [3.8, 4) is 0 Å². The molecule has 13 aliphatic rings. The van der Waals surface area contributed by atoms with Crippen molar-refractivity contribution in [1.29, 1.82) is 0 Å². The molecule has 24 N–H and O–H groups in total. The van der Waals surface area contributed by atoms with Crippen LogP contribution in [0.5, 0.6) is 0 Å². The molecular formula is C86H138O43. The molecule has 740 valence electrons. The molecule has 0 spiro atoms. The molecule has 0 aromatic heterocycles. The first-order valence-corrected chi connectivity index (χ1v) is 44.7. The Kier molecular flexibility index (Phi) is 31.8. The highest BCUT2D eigenvalue weighted by molar-refractivity contribution is 5.89. The molecule has 8 heterocycles. The molecule has 49 atom stereocenters. The molecule has 43 heteroatoms. The fourth-order valence-corrected chi connectivity index (χ4v) is 23.1. The molecular weight excluding hydrogens is 1720 g/mol. The third kappa shape index (κ3) is 18.9. The van der Waals surface area contributed by atoms with Gasteiger partial charge in [-0.3, -0.25) is 4.79 Å². The van der Waals surface area contributed by atoms with E-state index in [9.17, 15) is 127 Å². The minimum absolute atomic E-state index is 0.0147. The highest BCUT2D eigenvalue weighted by Gasteiger charge is 2.74. The Balaban J connectivity index is 0.789. The van der Waals surface area contributed by atoms with Crippen LogP contribution in [0.25, 0.3) is 0 Å². The van der Waals surface area contributed by atoms with Gasteiger partial charge in [0.15, 0.2) is 50.1 Å². The maximum Gasteiger partial charge on any atom is 0.336 e. The van der Waals surface area contributed by atoms with Gasteiger partial charge in [0.1, 0.15) is 170 Å². The molecule has 0 aromatic rings. The Bertz CT molecular complexity index is 3840. The number of carbonyl (C=O) groups is 2. The van der Waals surface area contributed by atoms with E-state index in [1.54, 1.807) is 20.8 Å². The van der Waals surface area contributed by atoms with Gasteiger partial charge in [0, 0.05) is 11.8 Å². The van der Waals surface area contributed by atoms with Gasteiger partial charge in [-0.25, -0.2) is 4.79 Å². The maximum absolute atomic E-state index is 16.7. The van der Waals surface area contributed by atoms with E-state index in [1.165, 1.54) is 32.9 Å². The molecule has 0 aromatic carbocycles. The second-order valence-corrected chi connectivity index (χ2v) is 40.0. The summed E-state index contributed by atoms with van der Waals surface area (Å²) in [6.07, 6.45) is -63.6. The Labute approximate surface area is 745 Å². The topological polar surface area (TPSA) is 677 Å². The van der Waals surface area contributed by atoms with Crippen LogP contribution >= 0.6 is 0 Å². The summed E-state index contributed by atoms with van der Waals surface area (Å²) in [5.41, 5.74) is -7.21. The van der Waals surface area contributed by atoms with Crippen molar-refractivity contribution in [1.82, 2.24) is 0 Å². The lowest BCUT2D eigenvalue weighted by Crippen LogP contribution is -2.70. The van der Waals surface area contributed by atoms with E-state index < -0.39 is 354 Å². The highest BCUT2D eigenvalue weighted by Crippen LogP contribution is 2.76. The normalized spacial score (nSPS) is 51.6. The number of allylic oxidation sites excluding steroid dienone is 3. The van der Waals surface area contributed by atoms with E-state index in [2.05, 4.69) is 33.4 Å². The third-order valence-electron chi connectivity index (χ3n) is 31.4. The second-order valence-electron chi connectivity index (χ2n) is 40.0. The molecule has 0 bridgehead atoms. The van der Waals surface area contributed by atoms with Crippen molar-refractivity contribution in [3.05, 3.63) is 36.0 Å². The first-order valence-electron chi connectivity index (χ1n) is 44.7. The van der Waals surface area contributed by atoms with Crippen LogP contribution in [0.2, 0.25) is 0 Å². The van der Waals surface area contributed by atoms with Gasteiger partial charge in [0.2, 0.25) is 6.29 Å². The number of fused-ring (bicyclic) bond motifs is 7. The fraction of sp³-hybridized carbons (Fsp3) is 0.907. The van der Waals surface area contributed by atoms with Crippen LogP contribution in [-0.4, -0.2) is 431 Å². The minimum atomic E-state index is -2.27. The van der Waals surface area contributed by atoms with Gasteiger partial charge in [-0.1, -0.05) is 72.3 Å². The summed E-state index contributed by atoms with van der Waals surface area (Å²) in [5.74, 6) is -3.65. The number of aliphatic hydroxyl groups is 24. The van der Waals surface area contributed by atoms with E-state index in [-0.39, 0.29) is 43.1 Å². The summed E-state index contributed by atoms with van der Waals surface area (Å²) in [6.45, 7) is 19.1. The summed E-state index contributed by atoms with van der Waals surface area (Å²) >= 11 is 0. The first kappa shape index (κ1) is 103. The lowest BCUT2D eigenvalue weighted by molar-refractivity contribution is -0.390. The average molecular weight is 1860 g/mol. The van der Waals surface area contributed by atoms with Crippen molar-refractivity contribution in [2.75, 3.05) is 39.6 Å². The van der Waals surface area contributed by atoms with Crippen LogP contribution < -0.4 is 0 Å². The van der Waals surface area contributed by atoms with Crippen molar-refractivity contribution in [3.63, 3.8) is 0 Å². The summed E-state index contributed by atoms with van der Waals surface area (Å²) in [6, 6.07) is 0. The molecule has 5 aliphatic carbocycles. The number of rotatable bonds is 27. The van der Waals surface area contributed by atoms with Crippen molar-refractivity contribution < 1.29 is 213 Å². The van der Waals surface area contributed by atoms with Crippen LogP contribution in [0.3, 0.4) is 0 Å². The quantitative estimate of drug-likeness (QED) is 0.0157. The van der Waals surface area contributed by atoms with E-state index >= 15 is 4.79 Å². The zero-order chi connectivity index (χ0) is 94.7. The van der Waals surface area contributed by atoms with E-state index in [4.69, 9.17) is 80.5 Å². The highest BCUT2D eigenvalue weighted by atomic mass is 16.8. The summed E-state index contributed by atoms with van der Waals surface area (Å²) in [7, 11) is 0. The van der Waals surface area contributed by atoms with Crippen LogP contribution in [0.1, 0.15) is 140 Å². The van der Waals surface area contributed by atoms with Gasteiger partial charge in [0.25, 0.3) is 0 Å². The van der Waals surface area contributed by atoms with Crippen LogP contribution in [0, 0.1) is 50.2 Å². The molecule has 1 unspecified atom stereocenters. The van der Waals surface area contributed by atoms with Gasteiger partial charge >= 0.3 is 11.9 Å². The summed E-state index contributed by atoms with van der Waals surface area (Å²) in [5, 5.41) is 267. The van der Waals surface area contributed by atoms with Gasteiger partial charge < -0.3 is 203 Å². The minimum Gasteiger partial charge on any atom is -0.458 e. The standard InChI is InChI=1S/C86H138O43/c1-13-82(9,129-76-64(109)55(100)48(93)32(2)115-76)20-14-15-35(26-87)70(111)122-47-25-86(79(112)128-78-69(59(104)52(97)40(28-89)120-78)127-75-65(110)67(125-74-63(108)56(101)51(96)39(27-88)118-74)66(34(4)117-75)124-73-61(106)53(98)41(29-90)119-73)37(23-80(47,5)6)36-16-17-44-83(10)21-19-46(81(7,8)43(83)18-22-84(44,11)85(36,12)24-45(86)92)123-72-62(107)57(102)54(99)42(121-72)31-114-77-68(58(103)49(94)33(3)116-77)126-71-60(105)50(95)38(91)30-113-71/h13,15-16,32-34,37-69,71-78,87-110H,1,14,17-31H2,2-12H3/b35-15+/t32-,33-,34+,37+,38-,39-,40-,41+,42-,43?,44-,45-,46+,47+,48-,49+,50+,51-,52-,53+,54-,55+,56+,57+,58+,59+,60-,61-,62-,63-,64-,65-,66+,67+,68-,69-,71+,72+,73+,74+,75+,76+,77-,78+,82-,83+,84-,85-,86-/m1/s1.